The number of benzene rings is 1. The maximum atomic E-state index is 5.78. The van der Waals surface area contributed by atoms with Crippen LogP contribution in [-0.4, -0.2) is 45.4 Å². The van der Waals surface area contributed by atoms with Crippen LogP contribution in [0.5, 0.6) is 17.4 Å². The summed E-state index contributed by atoms with van der Waals surface area (Å²) in [6, 6.07) is 8.99. The fourth-order valence-electron chi connectivity index (χ4n) is 2.00. The minimum Gasteiger partial charge on any atom is -0.493 e. The predicted octanol–water partition coefficient (Wildman–Crippen LogP) is 2.82. The highest BCUT2D eigenvalue weighted by Crippen LogP contribution is 2.29. The van der Waals surface area contributed by atoms with Gasteiger partial charge in [-0.15, -0.1) is 0 Å². The summed E-state index contributed by atoms with van der Waals surface area (Å²) in [6.07, 6.45) is 1.54. The molecular formula is C17H21ClN4O3. The number of nitrogens with zero attached hydrogens (tertiary/aromatic N) is 2. The summed E-state index contributed by atoms with van der Waals surface area (Å²) in [5.41, 5.74) is 0.825. The lowest BCUT2D eigenvalue weighted by atomic mass is 10.3. The normalized spacial score (nSPS) is 11.0. The number of hydrogen-bond acceptors (Lipinski definition) is 5. The lowest BCUT2D eigenvalue weighted by Gasteiger charge is -2.14. The zero-order chi connectivity index (χ0) is 18.1. The number of nitrogens with one attached hydrogen (secondary N) is 2. The van der Waals surface area contributed by atoms with Crippen molar-refractivity contribution in [3.05, 3.63) is 41.6 Å². The molecule has 1 aromatic heterocycles. The van der Waals surface area contributed by atoms with Crippen LogP contribution in [0.2, 0.25) is 5.02 Å². The number of halogens is 1. The number of guanidine groups is 1. The summed E-state index contributed by atoms with van der Waals surface area (Å²) in [7, 11) is 4.88. The number of anilines is 1. The molecule has 0 unspecified atom stereocenters. The molecule has 1 aromatic carbocycles. The van der Waals surface area contributed by atoms with E-state index in [0.717, 1.165) is 5.69 Å². The maximum absolute atomic E-state index is 5.78. The van der Waals surface area contributed by atoms with Crippen molar-refractivity contribution in [2.75, 3.05) is 39.7 Å². The highest BCUT2D eigenvalue weighted by molar-refractivity contribution is 6.30. The van der Waals surface area contributed by atoms with Crippen LogP contribution in [0.3, 0.4) is 0 Å². The van der Waals surface area contributed by atoms with Gasteiger partial charge in [-0.05, 0) is 18.2 Å². The van der Waals surface area contributed by atoms with Gasteiger partial charge in [-0.2, -0.15) is 0 Å². The van der Waals surface area contributed by atoms with Gasteiger partial charge in [-0.3, -0.25) is 4.99 Å². The van der Waals surface area contributed by atoms with Crippen LogP contribution < -0.4 is 24.8 Å². The second kappa shape index (κ2) is 9.58. The molecule has 0 radical (unpaired) electrons. The van der Waals surface area contributed by atoms with Crippen LogP contribution in [0, 0.1) is 0 Å². The van der Waals surface area contributed by atoms with Crippen molar-refractivity contribution >= 4 is 23.2 Å². The summed E-state index contributed by atoms with van der Waals surface area (Å²) in [5, 5.41) is 6.90. The molecule has 0 spiro atoms. The lowest BCUT2D eigenvalue weighted by Crippen LogP contribution is -2.33. The first-order chi connectivity index (χ1) is 12.2. The van der Waals surface area contributed by atoms with Gasteiger partial charge >= 0.3 is 0 Å². The minimum atomic E-state index is 0.432. The van der Waals surface area contributed by atoms with E-state index in [1.807, 2.05) is 18.2 Å². The molecule has 0 aliphatic rings. The first-order valence-corrected chi connectivity index (χ1v) is 7.98. The van der Waals surface area contributed by atoms with Crippen LogP contribution >= 0.6 is 11.6 Å². The molecule has 0 bridgehead atoms. The van der Waals surface area contributed by atoms with Gasteiger partial charge in [0, 0.05) is 31.1 Å². The Bertz CT molecular complexity index is 708. The molecule has 25 heavy (non-hydrogen) atoms. The van der Waals surface area contributed by atoms with Gasteiger partial charge in [0.1, 0.15) is 6.61 Å². The molecule has 8 heteroatoms. The zero-order valence-electron chi connectivity index (χ0n) is 14.4. The Morgan fingerprint density at radius 2 is 1.96 bits per heavy atom. The molecule has 2 rings (SSSR count). The van der Waals surface area contributed by atoms with E-state index in [-0.39, 0.29) is 0 Å². The topological polar surface area (TPSA) is 77.0 Å². The molecule has 0 amide bonds. The van der Waals surface area contributed by atoms with Gasteiger partial charge in [0.25, 0.3) is 0 Å². The van der Waals surface area contributed by atoms with Gasteiger partial charge in [-0.1, -0.05) is 11.6 Å². The van der Waals surface area contributed by atoms with Crippen molar-refractivity contribution in [3.8, 4) is 17.4 Å². The first kappa shape index (κ1) is 18.7. The maximum Gasteiger partial charge on any atom is 0.213 e. The summed E-state index contributed by atoms with van der Waals surface area (Å²) < 4.78 is 16.0. The Morgan fingerprint density at radius 3 is 2.60 bits per heavy atom. The van der Waals surface area contributed by atoms with Crippen LogP contribution in [0.1, 0.15) is 0 Å². The molecule has 0 fully saturated rings. The Balaban J connectivity index is 1.83. The van der Waals surface area contributed by atoms with Crippen LogP contribution in [0.25, 0.3) is 0 Å². The van der Waals surface area contributed by atoms with Gasteiger partial charge in [-0.25, -0.2) is 4.98 Å². The third kappa shape index (κ3) is 5.72. The largest absolute Gasteiger partial charge is 0.493 e. The SMILES string of the molecule is CN=C(NCCOc1ccc(Cl)cn1)Nc1ccc(OC)c(OC)c1. The fourth-order valence-corrected chi connectivity index (χ4v) is 2.11. The number of methoxy groups -OCH3 is 2. The highest BCUT2D eigenvalue weighted by Gasteiger charge is 2.06. The summed E-state index contributed by atoms with van der Waals surface area (Å²) in [6.45, 7) is 0.985. The number of pyridine rings is 1. The van der Waals surface area contributed by atoms with Crippen LogP contribution in [0.4, 0.5) is 5.69 Å². The lowest BCUT2D eigenvalue weighted by molar-refractivity contribution is 0.310. The minimum absolute atomic E-state index is 0.432. The third-order valence-corrected chi connectivity index (χ3v) is 3.44. The van der Waals surface area contributed by atoms with E-state index in [2.05, 4.69) is 20.6 Å². The quantitative estimate of drug-likeness (QED) is 0.447. The van der Waals surface area contributed by atoms with Crippen molar-refractivity contribution in [2.45, 2.75) is 0 Å². The van der Waals surface area contributed by atoms with Gasteiger partial charge in [0.05, 0.1) is 25.8 Å². The van der Waals surface area contributed by atoms with Crippen molar-refractivity contribution in [2.24, 2.45) is 4.99 Å². The van der Waals surface area contributed by atoms with Crippen LogP contribution in [-0.2, 0) is 0 Å². The van der Waals surface area contributed by atoms with E-state index < -0.39 is 0 Å². The van der Waals surface area contributed by atoms with Crippen LogP contribution in [0.15, 0.2) is 41.5 Å². The standard InChI is InChI=1S/C17H21ClN4O3/c1-19-17(20-8-9-25-16-7-4-12(18)11-21-16)22-13-5-6-14(23-2)15(10-13)24-3/h4-7,10-11H,8-9H2,1-3H3,(H2,19,20,22). The molecule has 7 nitrogen and oxygen atoms in total. The molecule has 0 saturated heterocycles. The molecule has 134 valence electrons. The van der Waals surface area contributed by atoms with E-state index in [1.165, 1.54) is 0 Å². The van der Waals surface area contributed by atoms with Crippen molar-refractivity contribution in [1.29, 1.82) is 0 Å². The fraction of sp³-hybridized carbons (Fsp3) is 0.294. The number of ether oxygens (including phenoxy) is 3. The molecule has 0 atom stereocenters. The Kier molecular flexibility index (Phi) is 7.16. The zero-order valence-corrected chi connectivity index (χ0v) is 15.1. The number of aromatic nitrogens is 1. The predicted molar refractivity (Wildman–Crippen MR) is 99.3 cm³/mol. The smallest absolute Gasteiger partial charge is 0.213 e. The van der Waals surface area contributed by atoms with Crippen molar-refractivity contribution in [1.82, 2.24) is 10.3 Å². The number of rotatable bonds is 7. The van der Waals surface area contributed by atoms with Gasteiger partial charge in [0.15, 0.2) is 17.5 Å². The molecule has 0 aliphatic heterocycles. The molecule has 1 heterocycles. The molecule has 2 N–H and O–H groups in total. The van der Waals surface area contributed by atoms with E-state index >= 15 is 0 Å². The second-order valence-electron chi connectivity index (χ2n) is 4.86. The summed E-state index contributed by atoms with van der Waals surface area (Å²) in [4.78, 5) is 8.24. The highest BCUT2D eigenvalue weighted by atomic mass is 35.5. The summed E-state index contributed by atoms with van der Waals surface area (Å²) >= 11 is 5.78. The summed E-state index contributed by atoms with van der Waals surface area (Å²) in [5.74, 6) is 2.44. The number of hydrogen-bond donors (Lipinski definition) is 2. The second-order valence-corrected chi connectivity index (χ2v) is 5.29. The Hall–Kier alpha value is -2.67. The Labute approximate surface area is 152 Å². The van der Waals surface area contributed by atoms with Gasteiger partial charge in [0.2, 0.25) is 5.88 Å². The molecular weight excluding hydrogens is 344 g/mol. The average molecular weight is 365 g/mol. The Morgan fingerprint density at radius 1 is 1.16 bits per heavy atom. The van der Waals surface area contributed by atoms with Crippen molar-refractivity contribution in [3.63, 3.8) is 0 Å². The molecule has 0 saturated carbocycles. The van der Waals surface area contributed by atoms with E-state index in [9.17, 15) is 0 Å². The average Bonchev–Trinajstić information content (AvgIpc) is 2.65. The molecule has 2 aromatic rings. The van der Waals surface area contributed by atoms with Gasteiger partial charge < -0.3 is 24.8 Å². The van der Waals surface area contributed by atoms with Crippen molar-refractivity contribution < 1.29 is 14.2 Å². The van der Waals surface area contributed by atoms with E-state index in [1.54, 1.807) is 39.6 Å². The van der Waals surface area contributed by atoms with E-state index in [0.29, 0.717) is 41.5 Å². The van der Waals surface area contributed by atoms with E-state index in [4.69, 9.17) is 25.8 Å². The first-order valence-electron chi connectivity index (χ1n) is 7.60. The third-order valence-electron chi connectivity index (χ3n) is 3.21. The molecule has 0 aliphatic carbocycles. The number of aliphatic imine (C=N–C) groups is 1. The monoisotopic (exact) mass is 364 g/mol.